The van der Waals surface area contributed by atoms with Gasteiger partial charge in [0.05, 0.1) is 9.82 Å². The van der Waals surface area contributed by atoms with Crippen molar-refractivity contribution in [2.75, 3.05) is 26.2 Å². The Morgan fingerprint density at radius 1 is 1.00 bits per heavy atom. The molecule has 0 radical (unpaired) electrons. The summed E-state index contributed by atoms with van der Waals surface area (Å²) in [6.45, 7) is 2.58. The molecule has 1 aliphatic rings. The second-order valence-electron chi connectivity index (χ2n) is 6.32. The number of rotatable bonds is 4. The van der Waals surface area contributed by atoms with Crippen LogP contribution in [0.25, 0.3) is 0 Å². The van der Waals surface area contributed by atoms with Crippen LogP contribution in [0.15, 0.2) is 53.4 Å². The summed E-state index contributed by atoms with van der Waals surface area (Å²) < 4.78 is 31.9. The largest absolute Gasteiger partial charge is 0.415 e. The molecule has 1 aliphatic heterocycles. The van der Waals surface area contributed by atoms with Gasteiger partial charge < -0.3 is 9.64 Å². The first-order chi connectivity index (χ1) is 13.3. The normalized spacial score (nSPS) is 15.2. The van der Waals surface area contributed by atoms with Crippen LogP contribution in [0.1, 0.15) is 5.56 Å². The Bertz CT molecular complexity index is 965. The first-order valence-corrected chi connectivity index (χ1v) is 9.99. The van der Waals surface area contributed by atoms with Gasteiger partial charge in [0.15, 0.2) is 0 Å². The summed E-state index contributed by atoms with van der Waals surface area (Å²) in [7, 11) is -3.61. The summed E-state index contributed by atoms with van der Waals surface area (Å²) in [6, 6.07) is 11.8. The van der Waals surface area contributed by atoms with E-state index >= 15 is 0 Å². The molecule has 0 N–H and O–H groups in total. The van der Waals surface area contributed by atoms with Crippen molar-refractivity contribution < 1.29 is 22.9 Å². The number of carbonyl (C=O) groups excluding carboxylic acids is 1. The Morgan fingerprint density at radius 3 is 2.11 bits per heavy atom. The summed E-state index contributed by atoms with van der Waals surface area (Å²) in [4.78, 5) is 24.0. The van der Waals surface area contributed by atoms with E-state index in [2.05, 4.69) is 0 Å². The fourth-order valence-corrected chi connectivity index (χ4v) is 4.19. The van der Waals surface area contributed by atoms with Gasteiger partial charge in [0.1, 0.15) is 5.75 Å². The molecular formula is C18H19N3O6S. The minimum absolute atomic E-state index is 0.102. The van der Waals surface area contributed by atoms with Crippen LogP contribution >= 0.6 is 0 Å². The summed E-state index contributed by atoms with van der Waals surface area (Å²) in [5, 5.41) is 10.6. The van der Waals surface area contributed by atoms with Crippen molar-refractivity contribution in [3.05, 3.63) is 64.2 Å². The van der Waals surface area contributed by atoms with Gasteiger partial charge in [-0.2, -0.15) is 4.31 Å². The van der Waals surface area contributed by atoms with Crippen molar-refractivity contribution >= 4 is 21.8 Å². The molecule has 0 bridgehead atoms. The average molecular weight is 405 g/mol. The quantitative estimate of drug-likeness (QED) is 0.571. The van der Waals surface area contributed by atoms with Crippen LogP contribution < -0.4 is 4.74 Å². The molecule has 3 rings (SSSR count). The highest BCUT2D eigenvalue weighted by Gasteiger charge is 2.30. The number of hydrogen-bond acceptors (Lipinski definition) is 6. The lowest BCUT2D eigenvalue weighted by molar-refractivity contribution is -0.384. The van der Waals surface area contributed by atoms with Gasteiger partial charge in [0.25, 0.3) is 5.69 Å². The van der Waals surface area contributed by atoms with Gasteiger partial charge in [-0.25, -0.2) is 13.2 Å². The summed E-state index contributed by atoms with van der Waals surface area (Å²) >= 11 is 0. The average Bonchev–Trinajstić information content (AvgIpc) is 2.69. The number of carbonyl (C=O) groups is 1. The zero-order valence-corrected chi connectivity index (χ0v) is 16.0. The molecule has 1 heterocycles. The molecule has 2 aromatic carbocycles. The van der Waals surface area contributed by atoms with Crippen molar-refractivity contribution in [1.82, 2.24) is 9.21 Å². The van der Waals surface area contributed by atoms with E-state index in [1.165, 1.54) is 33.5 Å². The van der Waals surface area contributed by atoms with Crippen LogP contribution in [0.3, 0.4) is 0 Å². The third kappa shape index (κ3) is 4.29. The van der Waals surface area contributed by atoms with Crippen molar-refractivity contribution in [3.63, 3.8) is 0 Å². The SMILES string of the molecule is Cc1ccc(S(=O)(=O)N2CCN(C(=O)Oc3ccc([N+](=O)[O-])cc3)CC2)cc1. The highest BCUT2D eigenvalue weighted by Crippen LogP contribution is 2.20. The second-order valence-corrected chi connectivity index (χ2v) is 8.26. The Balaban J connectivity index is 1.59. The molecule has 0 aromatic heterocycles. The number of benzene rings is 2. The lowest BCUT2D eigenvalue weighted by Gasteiger charge is -2.33. The molecule has 10 heteroatoms. The molecule has 0 aliphatic carbocycles. The number of sulfonamides is 1. The topological polar surface area (TPSA) is 110 Å². The van der Waals surface area contributed by atoms with Gasteiger partial charge in [0.2, 0.25) is 10.0 Å². The van der Waals surface area contributed by atoms with Crippen molar-refractivity contribution in [2.24, 2.45) is 0 Å². The first kappa shape index (κ1) is 19.8. The van der Waals surface area contributed by atoms with E-state index in [4.69, 9.17) is 4.74 Å². The van der Waals surface area contributed by atoms with Crippen molar-refractivity contribution in [3.8, 4) is 5.75 Å². The molecule has 1 amide bonds. The van der Waals surface area contributed by atoms with Crippen molar-refractivity contribution in [2.45, 2.75) is 11.8 Å². The number of non-ortho nitro benzene ring substituents is 1. The predicted octanol–water partition coefficient (Wildman–Crippen LogP) is 2.41. The number of nitro benzene ring substituents is 1. The number of aryl methyl sites for hydroxylation is 1. The first-order valence-electron chi connectivity index (χ1n) is 8.55. The van der Waals surface area contributed by atoms with Gasteiger partial charge in [-0.05, 0) is 31.2 Å². The summed E-state index contributed by atoms with van der Waals surface area (Å²) in [5.41, 5.74) is 0.868. The minimum atomic E-state index is -3.61. The van der Waals surface area contributed by atoms with Gasteiger partial charge in [-0.1, -0.05) is 17.7 Å². The number of nitro groups is 1. The van der Waals surface area contributed by atoms with Gasteiger partial charge in [-0.15, -0.1) is 0 Å². The maximum Gasteiger partial charge on any atom is 0.415 e. The monoisotopic (exact) mass is 405 g/mol. The standard InChI is InChI=1S/C18H19N3O6S/c1-14-2-8-17(9-3-14)28(25,26)20-12-10-19(11-13-20)18(22)27-16-6-4-15(5-7-16)21(23)24/h2-9H,10-13H2,1H3. The maximum atomic E-state index is 12.7. The molecule has 0 atom stereocenters. The molecule has 0 saturated carbocycles. The van der Waals surface area contributed by atoms with E-state index < -0.39 is 21.0 Å². The molecule has 28 heavy (non-hydrogen) atoms. The molecule has 1 saturated heterocycles. The number of piperazine rings is 1. The van der Waals surface area contributed by atoms with Crippen molar-refractivity contribution in [1.29, 1.82) is 0 Å². The van der Waals surface area contributed by atoms with Crippen LogP contribution in [0.4, 0.5) is 10.5 Å². The van der Waals surface area contributed by atoms with E-state index in [0.29, 0.717) is 0 Å². The zero-order chi connectivity index (χ0) is 20.3. The maximum absolute atomic E-state index is 12.7. The molecular weight excluding hydrogens is 386 g/mol. The molecule has 1 fully saturated rings. The summed E-state index contributed by atoms with van der Waals surface area (Å²) in [6.07, 6.45) is -0.624. The molecule has 9 nitrogen and oxygen atoms in total. The van der Waals surface area contributed by atoms with Crippen LogP contribution in [0, 0.1) is 17.0 Å². The third-order valence-corrected chi connectivity index (χ3v) is 6.32. The minimum Gasteiger partial charge on any atom is -0.410 e. The van der Waals surface area contributed by atoms with Gasteiger partial charge >= 0.3 is 6.09 Å². The Labute approximate surface area is 162 Å². The predicted molar refractivity (Wildman–Crippen MR) is 101 cm³/mol. The zero-order valence-electron chi connectivity index (χ0n) is 15.1. The van der Waals surface area contributed by atoms with Crippen LogP contribution in [0.2, 0.25) is 0 Å². The van der Waals surface area contributed by atoms with E-state index in [-0.39, 0.29) is 42.5 Å². The molecule has 0 unspecified atom stereocenters. The molecule has 148 valence electrons. The summed E-state index contributed by atoms with van der Waals surface area (Å²) in [5.74, 6) is 0.185. The fourth-order valence-electron chi connectivity index (χ4n) is 2.77. The number of ether oxygens (including phenoxy) is 1. The molecule has 2 aromatic rings. The third-order valence-electron chi connectivity index (χ3n) is 4.41. The molecule has 0 spiro atoms. The number of hydrogen-bond donors (Lipinski definition) is 0. The number of amides is 1. The van der Waals surface area contributed by atoms with Gasteiger partial charge in [-0.3, -0.25) is 10.1 Å². The fraction of sp³-hybridized carbons (Fsp3) is 0.278. The Morgan fingerprint density at radius 2 is 1.57 bits per heavy atom. The highest BCUT2D eigenvalue weighted by molar-refractivity contribution is 7.89. The number of nitrogens with zero attached hydrogens (tertiary/aromatic N) is 3. The second kappa shape index (κ2) is 7.95. The van der Waals surface area contributed by atoms with Gasteiger partial charge in [0, 0.05) is 38.3 Å². The lowest BCUT2D eigenvalue weighted by atomic mass is 10.2. The van der Waals surface area contributed by atoms with E-state index in [1.807, 2.05) is 6.92 Å². The lowest BCUT2D eigenvalue weighted by Crippen LogP contribution is -2.51. The van der Waals surface area contributed by atoms with Crippen LogP contribution in [-0.4, -0.2) is 54.8 Å². The Hall–Kier alpha value is -2.98. The van der Waals surface area contributed by atoms with Crippen LogP contribution in [-0.2, 0) is 10.0 Å². The Kier molecular flexibility index (Phi) is 5.61. The van der Waals surface area contributed by atoms with E-state index in [1.54, 1.807) is 24.3 Å². The van der Waals surface area contributed by atoms with Crippen LogP contribution in [0.5, 0.6) is 5.75 Å². The smallest absolute Gasteiger partial charge is 0.410 e. The van der Waals surface area contributed by atoms with E-state index in [0.717, 1.165) is 5.56 Å². The highest BCUT2D eigenvalue weighted by atomic mass is 32.2. The van der Waals surface area contributed by atoms with E-state index in [9.17, 15) is 23.3 Å².